The molecule has 0 saturated heterocycles. The average molecular weight is 239 g/mol. The summed E-state index contributed by atoms with van der Waals surface area (Å²) in [6, 6.07) is 0. The predicted molar refractivity (Wildman–Crippen MR) is 31.3 cm³/mol. The summed E-state index contributed by atoms with van der Waals surface area (Å²) in [4.78, 5) is 9.90. The second-order valence-electron chi connectivity index (χ2n) is 1.67. The van der Waals surface area contributed by atoms with Crippen LogP contribution in [0.25, 0.3) is 0 Å². The normalized spacial score (nSPS) is 12.6. The molecule has 0 unspecified atom stereocenters. The highest BCUT2D eigenvalue weighted by atomic mass is 79.9. The van der Waals surface area contributed by atoms with Crippen molar-refractivity contribution in [2.45, 2.75) is 17.2 Å². The third kappa shape index (κ3) is 1.82. The molecular formula is C4H3BrF4O2. The molecule has 0 aliphatic rings. The second-order valence-corrected chi connectivity index (χ2v) is 2.99. The molecule has 0 aromatic carbocycles. The van der Waals surface area contributed by atoms with E-state index in [0.29, 0.717) is 0 Å². The van der Waals surface area contributed by atoms with Crippen LogP contribution in [0.15, 0.2) is 0 Å². The van der Waals surface area contributed by atoms with E-state index >= 15 is 0 Å². The molecule has 1 N–H and O–H groups in total. The van der Waals surface area contributed by atoms with Gasteiger partial charge in [0.25, 0.3) is 12.9 Å². The number of carbonyl (C=O) groups is 1. The largest absolute Gasteiger partial charge is 0.480 e. The Labute approximate surface area is 67.3 Å². The molecule has 0 amide bonds. The highest BCUT2D eigenvalue weighted by Crippen LogP contribution is 2.33. The number of hydrogen-bond acceptors (Lipinski definition) is 1. The maximum Gasteiger partial charge on any atom is 0.332 e. The standard InChI is InChI=1S/C4H3BrF4O2/c5-4(1(6)7,2(8)9)3(10)11/h1-2H,(H,10,11). The Morgan fingerprint density at radius 2 is 1.55 bits per heavy atom. The molecule has 0 radical (unpaired) electrons. The molecule has 7 heteroatoms. The molecule has 0 aliphatic carbocycles. The molecule has 66 valence electrons. The van der Waals surface area contributed by atoms with Gasteiger partial charge in [0, 0.05) is 0 Å². The summed E-state index contributed by atoms with van der Waals surface area (Å²) < 4.78 is 43.3. The van der Waals surface area contributed by atoms with Crippen molar-refractivity contribution in [1.82, 2.24) is 0 Å². The molecule has 0 aromatic heterocycles. The maximum atomic E-state index is 11.7. The topological polar surface area (TPSA) is 37.3 Å². The molecule has 0 aromatic rings. The molecule has 11 heavy (non-hydrogen) atoms. The number of rotatable bonds is 3. The highest BCUT2D eigenvalue weighted by molar-refractivity contribution is 9.10. The minimum atomic E-state index is -3.65. The zero-order chi connectivity index (χ0) is 9.23. The number of halogens is 5. The molecular weight excluding hydrogens is 236 g/mol. The van der Waals surface area contributed by atoms with Crippen molar-refractivity contribution in [3.05, 3.63) is 0 Å². The third-order valence-electron chi connectivity index (χ3n) is 0.963. The smallest absolute Gasteiger partial charge is 0.332 e. The first-order chi connectivity index (χ1) is 4.83. The van der Waals surface area contributed by atoms with Crippen molar-refractivity contribution in [2.24, 2.45) is 0 Å². The summed E-state index contributed by atoms with van der Waals surface area (Å²) in [5.41, 5.74) is 0. The lowest BCUT2D eigenvalue weighted by atomic mass is 10.2. The molecule has 2 nitrogen and oxygen atoms in total. The summed E-state index contributed by atoms with van der Waals surface area (Å²) in [7, 11) is 0. The van der Waals surface area contributed by atoms with Crippen LogP contribution in [0.3, 0.4) is 0 Å². The number of hydrogen-bond donors (Lipinski definition) is 1. The van der Waals surface area contributed by atoms with E-state index in [4.69, 9.17) is 5.11 Å². The van der Waals surface area contributed by atoms with Gasteiger partial charge in [-0.2, -0.15) is 0 Å². The van der Waals surface area contributed by atoms with Gasteiger partial charge in [0.2, 0.25) is 4.32 Å². The first kappa shape index (κ1) is 10.7. The fraction of sp³-hybridized carbons (Fsp3) is 0.750. The lowest BCUT2D eigenvalue weighted by Crippen LogP contribution is -2.46. The molecule has 0 heterocycles. The maximum absolute atomic E-state index is 11.7. The molecule has 0 atom stereocenters. The Balaban J connectivity index is 4.67. The van der Waals surface area contributed by atoms with Crippen LogP contribution < -0.4 is 0 Å². The van der Waals surface area contributed by atoms with E-state index in [1.54, 1.807) is 15.9 Å². The molecule has 0 fully saturated rings. The van der Waals surface area contributed by atoms with Crippen LogP contribution in [0, 0.1) is 0 Å². The van der Waals surface area contributed by atoms with E-state index in [1.807, 2.05) is 0 Å². The summed E-state index contributed by atoms with van der Waals surface area (Å²) in [5.74, 6) is -2.28. The number of alkyl halides is 5. The van der Waals surface area contributed by atoms with Crippen LogP contribution in [0.5, 0.6) is 0 Å². The van der Waals surface area contributed by atoms with Crippen LogP contribution in [0.4, 0.5) is 17.6 Å². The highest BCUT2D eigenvalue weighted by Gasteiger charge is 2.53. The number of carboxylic acids is 1. The summed E-state index contributed by atoms with van der Waals surface area (Å²) in [6.07, 6.45) is -7.31. The lowest BCUT2D eigenvalue weighted by Gasteiger charge is -2.19. The number of carboxylic acid groups (broad SMARTS) is 1. The molecule has 0 aliphatic heterocycles. The van der Waals surface area contributed by atoms with Gasteiger partial charge in [-0.05, 0) is 0 Å². The van der Waals surface area contributed by atoms with Gasteiger partial charge in [-0.15, -0.1) is 0 Å². The van der Waals surface area contributed by atoms with Crippen molar-refractivity contribution in [3.63, 3.8) is 0 Å². The first-order valence-electron chi connectivity index (χ1n) is 2.32. The van der Waals surface area contributed by atoms with Gasteiger partial charge in [0.05, 0.1) is 0 Å². The zero-order valence-electron chi connectivity index (χ0n) is 4.90. The van der Waals surface area contributed by atoms with Crippen LogP contribution in [-0.2, 0) is 4.79 Å². The van der Waals surface area contributed by atoms with Crippen molar-refractivity contribution in [2.75, 3.05) is 0 Å². The third-order valence-corrected chi connectivity index (χ3v) is 1.99. The Hall–Kier alpha value is -0.330. The van der Waals surface area contributed by atoms with Crippen molar-refractivity contribution >= 4 is 21.9 Å². The van der Waals surface area contributed by atoms with Gasteiger partial charge in [0.15, 0.2) is 0 Å². The van der Waals surface area contributed by atoms with Gasteiger partial charge in [-0.1, -0.05) is 15.9 Å². The summed E-state index contributed by atoms with van der Waals surface area (Å²) in [6.45, 7) is 0. The SMILES string of the molecule is O=C(O)C(Br)(C(F)F)C(F)F. The van der Waals surface area contributed by atoms with Gasteiger partial charge >= 0.3 is 5.97 Å². The Morgan fingerprint density at radius 1 is 1.27 bits per heavy atom. The quantitative estimate of drug-likeness (QED) is 0.601. The van der Waals surface area contributed by atoms with E-state index in [1.165, 1.54) is 0 Å². The van der Waals surface area contributed by atoms with Crippen LogP contribution in [0.1, 0.15) is 0 Å². The molecule has 0 saturated carbocycles. The minimum absolute atomic E-state index is 1.78. The Bertz CT molecular complexity index is 152. The van der Waals surface area contributed by atoms with E-state index in [0.717, 1.165) is 0 Å². The van der Waals surface area contributed by atoms with E-state index in [9.17, 15) is 22.4 Å². The fourth-order valence-corrected chi connectivity index (χ4v) is 0.282. The predicted octanol–water partition coefficient (Wildman–Crippen LogP) is 1.73. The zero-order valence-corrected chi connectivity index (χ0v) is 6.49. The van der Waals surface area contributed by atoms with Crippen molar-refractivity contribution in [3.8, 4) is 0 Å². The van der Waals surface area contributed by atoms with Gasteiger partial charge in [-0.3, -0.25) is 4.79 Å². The van der Waals surface area contributed by atoms with Crippen LogP contribution in [-0.4, -0.2) is 28.3 Å². The molecule has 0 bridgehead atoms. The van der Waals surface area contributed by atoms with Crippen LogP contribution in [0.2, 0.25) is 0 Å². The van der Waals surface area contributed by atoms with E-state index in [-0.39, 0.29) is 0 Å². The summed E-state index contributed by atoms with van der Waals surface area (Å²) in [5, 5.41) is 7.97. The van der Waals surface area contributed by atoms with Gasteiger partial charge < -0.3 is 5.11 Å². The van der Waals surface area contributed by atoms with Gasteiger partial charge in [0.1, 0.15) is 0 Å². The fourth-order valence-electron chi connectivity index (χ4n) is 0.282. The van der Waals surface area contributed by atoms with Gasteiger partial charge in [-0.25, -0.2) is 17.6 Å². The molecule has 0 rings (SSSR count). The summed E-state index contributed by atoms with van der Waals surface area (Å²) >= 11 is 1.78. The Morgan fingerprint density at radius 3 is 1.55 bits per heavy atom. The molecule has 0 spiro atoms. The van der Waals surface area contributed by atoms with E-state index < -0.39 is 23.1 Å². The lowest BCUT2D eigenvalue weighted by molar-refractivity contribution is -0.150. The van der Waals surface area contributed by atoms with Crippen molar-refractivity contribution < 1.29 is 27.5 Å². The van der Waals surface area contributed by atoms with Crippen molar-refractivity contribution in [1.29, 1.82) is 0 Å². The minimum Gasteiger partial charge on any atom is -0.480 e. The first-order valence-corrected chi connectivity index (χ1v) is 3.11. The van der Waals surface area contributed by atoms with E-state index in [2.05, 4.69) is 0 Å². The van der Waals surface area contributed by atoms with Crippen LogP contribution >= 0.6 is 15.9 Å². The second kappa shape index (κ2) is 3.38. The Kier molecular flexibility index (Phi) is 3.28. The monoisotopic (exact) mass is 238 g/mol. The number of aliphatic carboxylic acids is 1. The average Bonchev–Trinajstić information content (AvgIpc) is 1.84.